The molecule has 0 saturated heterocycles. The molecule has 2 aromatic rings. The molecule has 1 amide bonds. The van der Waals surface area contributed by atoms with Gasteiger partial charge in [0.15, 0.2) is 0 Å². The van der Waals surface area contributed by atoms with Gasteiger partial charge >= 0.3 is 6.09 Å². The molecule has 2 aromatic carbocycles. The van der Waals surface area contributed by atoms with E-state index in [1.807, 2.05) is 48.5 Å². The maximum Gasteiger partial charge on any atom is 0.407 e. The SMILES string of the molecule is O=C(NCC1Cc2cc(Br)ccc2O1)OCc1ccccc1. The van der Waals surface area contributed by atoms with E-state index in [-0.39, 0.29) is 12.7 Å². The Labute approximate surface area is 137 Å². The van der Waals surface area contributed by atoms with Gasteiger partial charge in [0.2, 0.25) is 0 Å². The number of alkyl carbamates (subject to hydrolysis) is 1. The smallest absolute Gasteiger partial charge is 0.407 e. The van der Waals surface area contributed by atoms with Crippen molar-refractivity contribution in [1.29, 1.82) is 0 Å². The summed E-state index contributed by atoms with van der Waals surface area (Å²) in [5.74, 6) is 0.882. The highest BCUT2D eigenvalue weighted by Crippen LogP contribution is 2.30. The van der Waals surface area contributed by atoms with Crippen LogP contribution in [0.15, 0.2) is 53.0 Å². The molecule has 0 spiro atoms. The second-order valence-electron chi connectivity index (χ2n) is 5.14. The van der Waals surface area contributed by atoms with Crippen LogP contribution in [0.1, 0.15) is 11.1 Å². The molecule has 0 fully saturated rings. The molecular weight excluding hydrogens is 346 g/mol. The number of amides is 1. The first-order valence-electron chi connectivity index (χ1n) is 7.10. The summed E-state index contributed by atoms with van der Waals surface area (Å²) in [5.41, 5.74) is 2.12. The van der Waals surface area contributed by atoms with Crippen LogP contribution in [0.3, 0.4) is 0 Å². The first-order valence-corrected chi connectivity index (χ1v) is 7.89. The summed E-state index contributed by atoms with van der Waals surface area (Å²) in [4.78, 5) is 11.7. The Balaban J connectivity index is 1.43. The van der Waals surface area contributed by atoms with E-state index in [1.54, 1.807) is 0 Å². The largest absolute Gasteiger partial charge is 0.488 e. The third-order valence-electron chi connectivity index (χ3n) is 3.45. The lowest BCUT2D eigenvalue weighted by molar-refractivity contribution is 0.133. The predicted molar refractivity (Wildman–Crippen MR) is 86.9 cm³/mol. The Morgan fingerprint density at radius 2 is 2.09 bits per heavy atom. The summed E-state index contributed by atoms with van der Waals surface area (Å²) < 4.78 is 12.0. The molecule has 0 radical (unpaired) electrons. The summed E-state index contributed by atoms with van der Waals surface area (Å²) in [7, 11) is 0. The lowest BCUT2D eigenvalue weighted by atomic mass is 10.1. The van der Waals surface area contributed by atoms with Crippen LogP contribution in [0.5, 0.6) is 5.75 Å². The van der Waals surface area contributed by atoms with Gasteiger partial charge in [-0.25, -0.2) is 4.79 Å². The van der Waals surface area contributed by atoms with Crippen molar-refractivity contribution in [3.05, 3.63) is 64.1 Å². The van der Waals surface area contributed by atoms with Crippen LogP contribution in [0.25, 0.3) is 0 Å². The first kappa shape index (κ1) is 14.9. The Hall–Kier alpha value is -2.01. The molecule has 114 valence electrons. The number of fused-ring (bicyclic) bond motifs is 1. The van der Waals surface area contributed by atoms with E-state index in [0.717, 1.165) is 27.8 Å². The van der Waals surface area contributed by atoms with Crippen molar-refractivity contribution in [3.8, 4) is 5.75 Å². The van der Waals surface area contributed by atoms with E-state index in [2.05, 4.69) is 21.2 Å². The van der Waals surface area contributed by atoms with Crippen molar-refractivity contribution in [1.82, 2.24) is 5.32 Å². The number of nitrogens with one attached hydrogen (secondary N) is 1. The van der Waals surface area contributed by atoms with Gasteiger partial charge in [0, 0.05) is 10.9 Å². The molecule has 0 bridgehead atoms. The number of benzene rings is 2. The fourth-order valence-corrected chi connectivity index (χ4v) is 2.78. The van der Waals surface area contributed by atoms with E-state index in [4.69, 9.17) is 9.47 Å². The molecule has 1 heterocycles. The van der Waals surface area contributed by atoms with E-state index >= 15 is 0 Å². The molecular formula is C17H16BrNO3. The Bertz CT molecular complexity index is 660. The number of hydrogen-bond acceptors (Lipinski definition) is 3. The summed E-state index contributed by atoms with van der Waals surface area (Å²) in [6, 6.07) is 15.5. The van der Waals surface area contributed by atoms with Gasteiger partial charge in [-0.15, -0.1) is 0 Å². The molecule has 1 aliphatic rings. The lowest BCUT2D eigenvalue weighted by Gasteiger charge is -2.12. The van der Waals surface area contributed by atoms with E-state index < -0.39 is 6.09 Å². The van der Waals surface area contributed by atoms with Crippen molar-refractivity contribution < 1.29 is 14.3 Å². The van der Waals surface area contributed by atoms with Gasteiger partial charge in [0.05, 0.1) is 6.54 Å². The van der Waals surface area contributed by atoms with Gasteiger partial charge in [-0.05, 0) is 29.3 Å². The quantitative estimate of drug-likeness (QED) is 0.903. The molecule has 0 saturated carbocycles. The monoisotopic (exact) mass is 361 g/mol. The summed E-state index contributed by atoms with van der Waals surface area (Å²) in [6.45, 7) is 0.700. The summed E-state index contributed by atoms with van der Waals surface area (Å²) >= 11 is 3.44. The standard InChI is InChI=1S/C17H16BrNO3/c18-14-6-7-16-13(8-14)9-15(22-16)10-19-17(20)21-11-12-4-2-1-3-5-12/h1-8,15H,9-11H2,(H,19,20). The van der Waals surface area contributed by atoms with Crippen LogP contribution in [-0.2, 0) is 17.8 Å². The van der Waals surface area contributed by atoms with Crippen LogP contribution in [-0.4, -0.2) is 18.7 Å². The number of hydrogen-bond donors (Lipinski definition) is 1. The number of carbonyl (C=O) groups is 1. The highest BCUT2D eigenvalue weighted by molar-refractivity contribution is 9.10. The van der Waals surface area contributed by atoms with Gasteiger partial charge in [0.1, 0.15) is 18.5 Å². The summed E-state index contributed by atoms with van der Waals surface area (Å²) in [6.07, 6.45) is 0.312. The van der Waals surface area contributed by atoms with Crippen LogP contribution in [0, 0.1) is 0 Å². The van der Waals surface area contributed by atoms with Crippen molar-refractivity contribution in [2.75, 3.05) is 6.54 Å². The molecule has 1 atom stereocenters. The fraction of sp³-hybridized carbons (Fsp3) is 0.235. The molecule has 1 aliphatic heterocycles. The molecule has 1 unspecified atom stereocenters. The maximum absolute atomic E-state index is 11.7. The topological polar surface area (TPSA) is 47.6 Å². The van der Waals surface area contributed by atoms with Crippen molar-refractivity contribution >= 4 is 22.0 Å². The Kier molecular flexibility index (Phi) is 4.63. The number of carbonyl (C=O) groups excluding carboxylic acids is 1. The van der Waals surface area contributed by atoms with Gasteiger partial charge in [0.25, 0.3) is 0 Å². The number of ether oxygens (including phenoxy) is 2. The van der Waals surface area contributed by atoms with Gasteiger partial charge in [-0.2, -0.15) is 0 Å². The van der Waals surface area contributed by atoms with Crippen LogP contribution in [0.2, 0.25) is 0 Å². The highest BCUT2D eigenvalue weighted by atomic mass is 79.9. The van der Waals surface area contributed by atoms with E-state index in [9.17, 15) is 4.79 Å². The third kappa shape index (κ3) is 3.80. The maximum atomic E-state index is 11.7. The zero-order valence-corrected chi connectivity index (χ0v) is 13.5. The Morgan fingerprint density at radius 3 is 2.91 bits per heavy atom. The van der Waals surface area contributed by atoms with Gasteiger partial charge < -0.3 is 14.8 Å². The average molecular weight is 362 g/mol. The molecule has 22 heavy (non-hydrogen) atoms. The van der Waals surface area contributed by atoms with Crippen LogP contribution < -0.4 is 10.1 Å². The molecule has 0 aliphatic carbocycles. The van der Waals surface area contributed by atoms with Gasteiger partial charge in [-0.3, -0.25) is 0 Å². The zero-order chi connectivity index (χ0) is 15.4. The fourth-order valence-electron chi connectivity index (χ4n) is 2.37. The van der Waals surface area contributed by atoms with Crippen molar-refractivity contribution in [3.63, 3.8) is 0 Å². The minimum absolute atomic E-state index is 0.0476. The Morgan fingerprint density at radius 1 is 1.27 bits per heavy atom. The lowest BCUT2D eigenvalue weighted by Crippen LogP contribution is -2.34. The molecule has 5 heteroatoms. The number of rotatable bonds is 4. The average Bonchev–Trinajstić information content (AvgIpc) is 2.94. The molecule has 3 rings (SSSR count). The molecule has 1 N–H and O–H groups in total. The normalized spacial score (nSPS) is 15.8. The minimum Gasteiger partial charge on any atom is -0.488 e. The highest BCUT2D eigenvalue weighted by Gasteiger charge is 2.23. The zero-order valence-electron chi connectivity index (χ0n) is 11.9. The van der Waals surface area contributed by atoms with E-state index in [1.165, 1.54) is 0 Å². The van der Waals surface area contributed by atoms with Crippen LogP contribution >= 0.6 is 15.9 Å². The van der Waals surface area contributed by atoms with Crippen molar-refractivity contribution in [2.24, 2.45) is 0 Å². The first-order chi connectivity index (χ1) is 10.7. The van der Waals surface area contributed by atoms with Gasteiger partial charge in [-0.1, -0.05) is 46.3 Å². The molecule has 0 aromatic heterocycles. The predicted octanol–water partition coefficient (Wildman–Crippen LogP) is 3.68. The van der Waals surface area contributed by atoms with Crippen molar-refractivity contribution in [2.45, 2.75) is 19.1 Å². The molecule has 4 nitrogen and oxygen atoms in total. The second kappa shape index (κ2) is 6.83. The third-order valence-corrected chi connectivity index (χ3v) is 3.94. The van der Waals surface area contributed by atoms with Crippen LogP contribution in [0.4, 0.5) is 4.79 Å². The van der Waals surface area contributed by atoms with E-state index in [0.29, 0.717) is 6.54 Å². The minimum atomic E-state index is -0.426. The second-order valence-corrected chi connectivity index (χ2v) is 6.05. The summed E-state index contributed by atoms with van der Waals surface area (Å²) in [5, 5.41) is 2.75. The number of halogens is 1.